The van der Waals surface area contributed by atoms with Gasteiger partial charge in [-0.05, 0) is 0 Å². The molecule has 46 valence electrons. The molecule has 2 N–H and O–H groups in total. The van der Waals surface area contributed by atoms with E-state index < -0.39 is 0 Å². The Morgan fingerprint density at radius 1 is 1.44 bits per heavy atom. The molecule has 0 radical (unpaired) electrons. The molecule has 0 aliphatic carbocycles. The highest BCUT2D eigenvalue weighted by molar-refractivity contribution is 6.19. The molecular weight excluding hydrogens is 138 g/mol. The van der Waals surface area contributed by atoms with Gasteiger partial charge in [-0.1, -0.05) is 0 Å². The van der Waals surface area contributed by atoms with Crippen LogP contribution < -0.4 is 5.73 Å². The molecule has 0 fully saturated rings. The molecule has 0 aromatic heterocycles. The number of alkyl halides is 1. The van der Waals surface area contributed by atoms with Gasteiger partial charge in [0.25, 0.3) is 0 Å². The summed E-state index contributed by atoms with van der Waals surface area (Å²) in [6.45, 7) is 0. The number of allylic oxidation sites excluding steroid dienone is 2. The van der Waals surface area contributed by atoms with Gasteiger partial charge in [0.2, 0.25) is 0 Å². The van der Waals surface area contributed by atoms with Crippen molar-refractivity contribution in [2.45, 2.75) is 0 Å². The Hall–Kier alpha value is -1.19. The predicted molar refractivity (Wildman–Crippen MR) is 33.2 cm³/mol. The van der Waals surface area contributed by atoms with Crippen molar-refractivity contribution in [2.75, 3.05) is 5.88 Å². The van der Waals surface area contributed by atoms with Crippen molar-refractivity contribution in [3.63, 3.8) is 0 Å². The number of nitriles is 2. The molecule has 0 atom stereocenters. The second kappa shape index (κ2) is 3.77. The molecule has 0 rings (SSSR count). The van der Waals surface area contributed by atoms with Crippen molar-refractivity contribution in [3.05, 3.63) is 11.3 Å². The molecule has 0 aromatic rings. The van der Waals surface area contributed by atoms with Gasteiger partial charge in [-0.2, -0.15) is 10.5 Å². The SMILES string of the molecule is N#CC(C#N)=C(N)CCl. The van der Waals surface area contributed by atoms with E-state index in [1.54, 1.807) is 12.1 Å². The first kappa shape index (κ1) is 7.81. The lowest BCUT2D eigenvalue weighted by molar-refractivity contribution is 1.28. The zero-order chi connectivity index (χ0) is 7.28. The van der Waals surface area contributed by atoms with Gasteiger partial charge >= 0.3 is 0 Å². The first-order chi connectivity index (χ1) is 4.26. The summed E-state index contributed by atoms with van der Waals surface area (Å²) >= 11 is 5.22. The topological polar surface area (TPSA) is 73.6 Å². The van der Waals surface area contributed by atoms with E-state index in [2.05, 4.69) is 0 Å². The van der Waals surface area contributed by atoms with Crippen molar-refractivity contribution in [1.82, 2.24) is 0 Å². The van der Waals surface area contributed by atoms with Gasteiger partial charge in [0.05, 0.1) is 11.6 Å². The largest absolute Gasteiger partial charge is 0.399 e. The number of hydrogen-bond donors (Lipinski definition) is 1. The zero-order valence-electron chi connectivity index (χ0n) is 4.56. The monoisotopic (exact) mass is 141 g/mol. The van der Waals surface area contributed by atoms with E-state index in [9.17, 15) is 0 Å². The summed E-state index contributed by atoms with van der Waals surface area (Å²) in [6.07, 6.45) is 0. The summed E-state index contributed by atoms with van der Waals surface area (Å²) < 4.78 is 0. The minimum absolute atomic E-state index is 0.0243. The first-order valence-electron chi connectivity index (χ1n) is 2.11. The number of halogens is 1. The molecule has 4 heteroatoms. The molecule has 0 aliphatic rings. The van der Waals surface area contributed by atoms with Gasteiger partial charge in [0, 0.05) is 0 Å². The fraction of sp³-hybridized carbons (Fsp3) is 0.200. The molecule has 0 aromatic carbocycles. The maximum absolute atomic E-state index is 8.16. The van der Waals surface area contributed by atoms with Crippen LogP contribution in [-0.4, -0.2) is 5.88 Å². The highest BCUT2D eigenvalue weighted by atomic mass is 35.5. The Kier molecular flexibility index (Phi) is 3.27. The van der Waals surface area contributed by atoms with Crippen molar-refractivity contribution in [1.29, 1.82) is 10.5 Å². The van der Waals surface area contributed by atoms with Crippen LogP contribution in [0.5, 0.6) is 0 Å². The van der Waals surface area contributed by atoms with Crippen LogP contribution in [0.25, 0.3) is 0 Å². The highest BCUT2D eigenvalue weighted by Crippen LogP contribution is 1.96. The predicted octanol–water partition coefficient (Wildman–Crippen LogP) is 0.485. The van der Waals surface area contributed by atoms with Crippen LogP contribution in [0.1, 0.15) is 0 Å². The third-order valence-corrected chi connectivity index (χ3v) is 0.977. The maximum atomic E-state index is 8.16. The van der Waals surface area contributed by atoms with Gasteiger partial charge in [0.1, 0.15) is 17.7 Å². The van der Waals surface area contributed by atoms with Crippen LogP contribution in [0.2, 0.25) is 0 Å². The fourth-order valence-electron chi connectivity index (χ4n) is 0.235. The van der Waals surface area contributed by atoms with Crippen LogP contribution >= 0.6 is 11.6 Å². The Labute approximate surface area is 57.9 Å². The Balaban J connectivity index is 4.49. The average Bonchev–Trinajstić information content (AvgIpc) is 1.90. The number of hydrogen-bond acceptors (Lipinski definition) is 3. The van der Waals surface area contributed by atoms with E-state index in [4.69, 9.17) is 27.9 Å². The summed E-state index contributed by atoms with van der Waals surface area (Å²) in [4.78, 5) is 0. The number of nitrogens with two attached hydrogens (primary N) is 1. The van der Waals surface area contributed by atoms with Crippen LogP contribution in [0.4, 0.5) is 0 Å². The molecule has 0 aliphatic heterocycles. The van der Waals surface area contributed by atoms with Crippen molar-refractivity contribution < 1.29 is 0 Å². The lowest BCUT2D eigenvalue weighted by Gasteiger charge is -1.88. The molecule has 0 heterocycles. The Morgan fingerprint density at radius 2 is 1.89 bits per heavy atom. The minimum Gasteiger partial charge on any atom is -0.399 e. The van der Waals surface area contributed by atoms with Gasteiger partial charge in [-0.15, -0.1) is 11.6 Å². The molecule has 0 saturated heterocycles. The summed E-state index contributed by atoms with van der Waals surface area (Å²) in [6, 6.07) is 3.22. The standard InChI is InChI=1S/C5H4ClN3/c6-1-5(9)4(2-7)3-8/h1,9H2. The third kappa shape index (κ3) is 2.03. The van der Waals surface area contributed by atoms with Gasteiger partial charge in [-0.25, -0.2) is 0 Å². The normalized spacial score (nSPS) is 7.00. The quantitative estimate of drug-likeness (QED) is 0.427. The van der Waals surface area contributed by atoms with E-state index in [0.717, 1.165) is 0 Å². The van der Waals surface area contributed by atoms with E-state index >= 15 is 0 Å². The summed E-state index contributed by atoms with van der Waals surface area (Å²) in [5, 5.41) is 16.3. The Bertz CT molecular complexity index is 189. The number of nitrogens with zero attached hydrogens (tertiary/aromatic N) is 2. The molecule has 3 nitrogen and oxygen atoms in total. The van der Waals surface area contributed by atoms with Crippen molar-refractivity contribution >= 4 is 11.6 Å². The van der Waals surface area contributed by atoms with E-state index in [1.807, 2.05) is 0 Å². The molecular formula is C5H4ClN3. The van der Waals surface area contributed by atoms with Crippen molar-refractivity contribution in [3.8, 4) is 12.1 Å². The first-order valence-corrected chi connectivity index (χ1v) is 2.64. The van der Waals surface area contributed by atoms with Crippen LogP contribution in [0.15, 0.2) is 11.3 Å². The number of rotatable bonds is 1. The fourth-order valence-corrected chi connectivity index (χ4v) is 0.369. The Morgan fingerprint density at radius 3 is 2.00 bits per heavy atom. The molecule has 0 unspecified atom stereocenters. The maximum Gasteiger partial charge on any atom is 0.149 e. The minimum atomic E-state index is -0.106. The average molecular weight is 142 g/mol. The molecule has 0 amide bonds. The third-order valence-electron chi connectivity index (χ3n) is 0.689. The van der Waals surface area contributed by atoms with Crippen molar-refractivity contribution in [2.24, 2.45) is 5.73 Å². The lowest BCUT2D eigenvalue weighted by atomic mass is 10.3. The smallest absolute Gasteiger partial charge is 0.149 e. The highest BCUT2D eigenvalue weighted by Gasteiger charge is 1.97. The molecule has 0 saturated carbocycles. The summed E-state index contributed by atoms with van der Waals surface area (Å²) in [7, 11) is 0. The van der Waals surface area contributed by atoms with E-state index in [0.29, 0.717) is 0 Å². The molecule has 0 spiro atoms. The lowest BCUT2D eigenvalue weighted by Crippen LogP contribution is -2.01. The van der Waals surface area contributed by atoms with E-state index in [-0.39, 0.29) is 17.2 Å². The van der Waals surface area contributed by atoms with Gasteiger partial charge in [-0.3, -0.25) is 0 Å². The van der Waals surface area contributed by atoms with Gasteiger partial charge in [0.15, 0.2) is 0 Å². The van der Waals surface area contributed by atoms with E-state index in [1.165, 1.54) is 0 Å². The second-order valence-corrected chi connectivity index (χ2v) is 1.52. The zero-order valence-corrected chi connectivity index (χ0v) is 5.31. The van der Waals surface area contributed by atoms with Crippen LogP contribution in [0, 0.1) is 22.7 Å². The second-order valence-electron chi connectivity index (χ2n) is 1.26. The van der Waals surface area contributed by atoms with Gasteiger partial charge < -0.3 is 5.73 Å². The van der Waals surface area contributed by atoms with Crippen LogP contribution in [0.3, 0.4) is 0 Å². The summed E-state index contributed by atoms with van der Waals surface area (Å²) in [5.74, 6) is 0.0243. The molecule has 9 heavy (non-hydrogen) atoms. The molecule has 0 bridgehead atoms. The van der Waals surface area contributed by atoms with Crippen LogP contribution in [-0.2, 0) is 0 Å². The summed E-state index contributed by atoms with van der Waals surface area (Å²) in [5.41, 5.74) is 5.16.